The average molecular weight is 326 g/mol. The molecule has 6 heteroatoms. The molecule has 1 aromatic rings. The van der Waals surface area contributed by atoms with Crippen molar-refractivity contribution in [1.82, 2.24) is 0 Å². The second-order valence-corrected chi connectivity index (χ2v) is 5.63. The Morgan fingerprint density at radius 1 is 1.32 bits per heavy atom. The summed E-state index contributed by atoms with van der Waals surface area (Å²) in [5, 5.41) is 0.520. The molecule has 0 radical (unpaired) electrons. The first-order chi connectivity index (χ1) is 9.19. The third kappa shape index (κ3) is 4.78. The van der Waals surface area contributed by atoms with Gasteiger partial charge in [0.05, 0.1) is 25.2 Å². The lowest BCUT2D eigenvalue weighted by Gasteiger charge is -2.13. The summed E-state index contributed by atoms with van der Waals surface area (Å²) in [6, 6.07) is 7.40. The predicted octanol–water partition coefficient (Wildman–Crippen LogP) is 3.62. The quantitative estimate of drug-likeness (QED) is 0.748. The van der Waals surface area contributed by atoms with Crippen molar-refractivity contribution in [2.45, 2.75) is 17.8 Å². The summed E-state index contributed by atoms with van der Waals surface area (Å²) < 4.78 is 16.7. The fraction of sp³-hybridized carbons (Fsp3) is 0.538. The van der Waals surface area contributed by atoms with Crippen molar-refractivity contribution in [2.75, 3.05) is 25.7 Å². The van der Waals surface area contributed by atoms with E-state index >= 15 is 0 Å². The second kappa shape index (κ2) is 7.67. The van der Waals surface area contributed by atoms with Gasteiger partial charge in [0.15, 0.2) is 6.29 Å². The van der Waals surface area contributed by atoms with Gasteiger partial charge in [-0.05, 0) is 12.1 Å². The molecule has 0 N–H and O–H groups in total. The third-order valence-electron chi connectivity index (χ3n) is 2.66. The normalized spacial score (nSPS) is 24.6. The topological polar surface area (TPSA) is 27.7 Å². The van der Waals surface area contributed by atoms with E-state index in [9.17, 15) is 0 Å². The summed E-state index contributed by atoms with van der Waals surface area (Å²) in [5.41, 5.74) is 0.947. The minimum Gasteiger partial charge on any atom is -0.377 e. The van der Waals surface area contributed by atoms with Crippen LogP contribution >= 0.6 is 34.8 Å². The highest BCUT2D eigenvalue weighted by Gasteiger charge is 2.27. The molecular formula is C13H15Cl3O3. The first kappa shape index (κ1) is 15.4. The van der Waals surface area contributed by atoms with E-state index in [1.165, 1.54) is 0 Å². The number of rotatable bonds is 6. The highest BCUT2D eigenvalue weighted by molar-refractivity contribution is 6.30. The number of benzene rings is 1. The van der Waals surface area contributed by atoms with E-state index in [0.717, 1.165) is 5.56 Å². The van der Waals surface area contributed by atoms with Crippen LogP contribution in [0, 0.1) is 0 Å². The van der Waals surface area contributed by atoms with E-state index in [1.807, 2.05) is 24.3 Å². The average Bonchev–Trinajstić information content (AvgIpc) is 2.88. The van der Waals surface area contributed by atoms with Gasteiger partial charge in [0.1, 0.15) is 6.10 Å². The van der Waals surface area contributed by atoms with Crippen molar-refractivity contribution >= 4 is 34.8 Å². The van der Waals surface area contributed by atoms with Gasteiger partial charge in [-0.2, -0.15) is 0 Å². The van der Waals surface area contributed by atoms with Crippen LogP contribution < -0.4 is 0 Å². The molecule has 3 atom stereocenters. The molecular weight excluding hydrogens is 310 g/mol. The molecule has 0 spiro atoms. The van der Waals surface area contributed by atoms with Crippen molar-refractivity contribution in [3.8, 4) is 0 Å². The number of halogens is 3. The van der Waals surface area contributed by atoms with Crippen LogP contribution in [-0.4, -0.2) is 37.2 Å². The minimum atomic E-state index is -0.356. The van der Waals surface area contributed by atoms with Crippen LogP contribution in [0.25, 0.3) is 0 Å². The standard InChI is InChI=1S/C13H15Cl3O3/c14-5-11(16)6-17-7-12-8-18-13(19-12)9-1-3-10(15)4-2-9/h1-4,11-13H,5-8H2/t11-,12+,13+/m0/s1. The molecule has 0 saturated carbocycles. The molecule has 1 heterocycles. The molecule has 1 aliphatic rings. The summed E-state index contributed by atoms with van der Waals surface area (Å²) >= 11 is 17.3. The fourth-order valence-corrected chi connectivity index (χ4v) is 2.01. The Morgan fingerprint density at radius 3 is 2.74 bits per heavy atom. The fourth-order valence-electron chi connectivity index (χ4n) is 1.70. The number of hydrogen-bond acceptors (Lipinski definition) is 3. The molecule has 0 aromatic heterocycles. The van der Waals surface area contributed by atoms with Crippen molar-refractivity contribution in [3.05, 3.63) is 34.9 Å². The maximum atomic E-state index is 5.85. The minimum absolute atomic E-state index is 0.0835. The van der Waals surface area contributed by atoms with Gasteiger partial charge in [-0.3, -0.25) is 0 Å². The Morgan fingerprint density at radius 2 is 2.05 bits per heavy atom. The van der Waals surface area contributed by atoms with E-state index in [-0.39, 0.29) is 17.8 Å². The molecule has 0 amide bonds. The highest BCUT2D eigenvalue weighted by atomic mass is 35.5. The van der Waals surface area contributed by atoms with Crippen molar-refractivity contribution < 1.29 is 14.2 Å². The van der Waals surface area contributed by atoms with E-state index in [2.05, 4.69) is 0 Å². The molecule has 106 valence electrons. The van der Waals surface area contributed by atoms with Crippen LogP contribution in [0.5, 0.6) is 0 Å². The summed E-state index contributed by atoms with van der Waals surface area (Å²) in [7, 11) is 0. The number of hydrogen-bond donors (Lipinski definition) is 0. The Hall–Kier alpha value is -0.0300. The van der Waals surface area contributed by atoms with Crippen LogP contribution in [0.1, 0.15) is 11.9 Å². The van der Waals surface area contributed by atoms with Crippen LogP contribution in [-0.2, 0) is 14.2 Å². The molecule has 2 rings (SSSR count). The monoisotopic (exact) mass is 324 g/mol. The zero-order valence-electron chi connectivity index (χ0n) is 10.2. The molecule has 1 fully saturated rings. The molecule has 19 heavy (non-hydrogen) atoms. The Kier molecular flexibility index (Phi) is 6.20. The lowest BCUT2D eigenvalue weighted by atomic mass is 10.2. The largest absolute Gasteiger partial charge is 0.377 e. The van der Waals surface area contributed by atoms with Crippen LogP contribution in [0.3, 0.4) is 0 Å². The summed E-state index contributed by atoms with van der Waals surface area (Å²) in [4.78, 5) is 0. The maximum Gasteiger partial charge on any atom is 0.184 e. The van der Waals surface area contributed by atoms with Crippen molar-refractivity contribution in [1.29, 1.82) is 0 Å². The van der Waals surface area contributed by atoms with Crippen LogP contribution in [0.2, 0.25) is 5.02 Å². The molecule has 0 unspecified atom stereocenters. The predicted molar refractivity (Wildman–Crippen MR) is 76.2 cm³/mol. The molecule has 1 saturated heterocycles. The Balaban J connectivity index is 1.75. The maximum absolute atomic E-state index is 5.85. The van der Waals surface area contributed by atoms with Crippen LogP contribution in [0.4, 0.5) is 0 Å². The molecule has 0 aliphatic carbocycles. The Bertz CT molecular complexity index is 385. The van der Waals surface area contributed by atoms with Gasteiger partial charge >= 0.3 is 0 Å². The van der Waals surface area contributed by atoms with Crippen molar-refractivity contribution in [2.24, 2.45) is 0 Å². The number of ether oxygens (including phenoxy) is 3. The van der Waals surface area contributed by atoms with Gasteiger partial charge in [-0.25, -0.2) is 0 Å². The van der Waals surface area contributed by atoms with E-state index < -0.39 is 0 Å². The second-order valence-electron chi connectivity index (χ2n) is 4.26. The molecule has 1 aliphatic heterocycles. The van der Waals surface area contributed by atoms with E-state index in [0.29, 0.717) is 30.7 Å². The van der Waals surface area contributed by atoms with Gasteiger partial charge in [0.2, 0.25) is 0 Å². The van der Waals surface area contributed by atoms with E-state index in [4.69, 9.17) is 49.0 Å². The summed E-state index contributed by atoms with van der Waals surface area (Å²) in [5.74, 6) is 0.372. The van der Waals surface area contributed by atoms with Gasteiger partial charge in [-0.15, -0.1) is 23.2 Å². The van der Waals surface area contributed by atoms with Gasteiger partial charge < -0.3 is 14.2 Å². The van der Waals surface area contributed by atoms with Gasteiger partial charge in [-0.1, -0.05) is 23.7 Å². The molecule has 3 nitrogen and oxygen atoms in total. The summed E-state index contributed by atoms with van der Waals surface area (Å²) in [6.07, 6.45) is -0.439. The lowest BCUT2D eigenvalue weighted by molar-refractivity contribution is -0.0735. The summed E-state index contributed by atoms with van der Waals surface area (Å²) in [6.45, 7) is 1.36. The zero-order chi connectivity index (χ0) is 13.7. The first-order valence-electron chi connectivity index (χ1n) is 5.99. The van der Waals surface area contributed by atoms with Crippen molar-refractivity contribution in [3.63, 3.8) is 0 Å². The lowest BCUT2D eigenvalue weighted by Crippen LogP contribution is -2.21. The highest BCUT2D eigenvalue weighted by Crippen LogP contribution is 2.27. The molecule has 0 bridgehead atoms. The molecule has 1 aromatic carbocycles. The smallest absolute Gasteiger partial charge is 0.184 e. The Labute approximate surface area is 127 Å². The SMILES string of the molecule is ClC[C@H](Cl)COC[C@@H]1CO[C@@H](c2ccc(Cl)cc2)O1. The third-order valence-corrected chi connectivity index (χ3v) is 3.72. The van der Waals surface area contributed by atoms with E-state index in [1.54, 1.807) is 0 Å². The van der Waals surface area contributed by atoms with Gasteiger partial charge in [0.25, 0.3) is 0 Å². The number of alkyl halides is 2. The van der Waals surface area contributed by atoms with Gasteiger partial charge in [0, 0.05) is 16.5 Å². The zero-order valence-corrected chi connectivity index (χ0v) is 12.5. The van der Waals surface area contributed by atoms with Crippen LogP contribution in [0.15, 0.2) is 24.3 Å². The first-order valence-corrected chi connectivity index (χ1v) is 7.34.